The monoisotopic (exact) mass is 306 g/mol. The molecule has 0 aliphatic heterocycles. The Morgan fingerprint density at radius 1 is 1.32 bits per heavy atom. The Balaban J connectivity index is 1.82. The van der Waals surface area contributed by atoms with Crippen LogP contribution in [0.4, 0.5) is 4.79 Å². The van der Waals surface area contributed by atoms with Crippen LogP contribution in [-0.4, -0.2) is 37.4 Å². The van der Waals surface area contributed by atoms with E-state index < -0.39 is 6.10 Å². The predicted octanol–water partition coefficient (Wildman–Crippen LogP) is 2.06. The second-order valence-electron chi connectivity index (χ2n) is 6.19. The van der Waals surface area contributed by atoms with Crippen LogP contribution in [0.5, 0.6) is 0 Å². The molecule has 1 aromatic rings. The zero-order valence-corrected chi connectivity index (χ0v) is 13.6. The lowest BCUT2D eigenvalue weighted by atomic mass is 10.0. The number of nitrogens with one attached hydrogen (secondary N) is 2. The van der Waals surface area contributed by atoms with Crippen LogP contribution in [0.3, 0.4) is 0 Å². The molecule has 22 heavy (non-hydrogen) atoms. The maximum absolute atomic E-state index is 11.9. The molecule has 3 N–H and O–H groups in total. The minimum Gasteiger partial charge on any atom is -0.387 e. The lowest BCUT2D eigenvalue weighted by molar-refractivity contribution is 0.152. The fraction of sp³-hybridized carbons (Fsp3) is 0.588. The van der Waals surface area contributed by atoms with Crippen LogP contribution in [0.1, 0.15) is 35.6 Å². The standard InChI is InChI=1S/C17H26N2O3/c1-11-6-12(2)8-14(7-11)16(20)9-18-17(21)19-15(10-22-3)13-4-5-13/h6-8,13,15-16,20H,4-5,9-10H2,1-3H3,(H2,18,19,21)/t15-,16+/m0/s1. The van der Waals surface area contributed by atoms with Gasteiger partial charge in [0.1, 0.15) is 0 Å². The van der Waals surface area contributed by atoms with Gasteiger partial charge in [-0.25, -0.2) is 4.79 Å². The minimum atomic E-state index is -0.703. The number of rotatable bonds is 7. The fourth-order valence-corrected chi connectivity index (χ4v) is 2.70. The molecule has 2 amide bonds. The molecule has 1 saturated carbocycles. The molecule has 5 heteroatoms. The quantitative estimate of drug-likeness (QED) is 0.722. The van der Waals surface area contributed by atoms with Crippen molar-refractivity contribution in [3.8, 4) is 0 Å². The van der Waals surface area contributed by atoms with Crippen molar-refractivity contribution in [1.82, 2.24) is 10.6 Å². The Kier molecular flexibility index (Phi) is 5.80. The number of hydrogen-bond acceptors (Lipinski definition) is 3. The van der Waals surface area contributed by atoms with Gasteiger partial charge in [0.25, 0.3) is 0 Å². The molecule has 1 aromatic carbocycles. The van der Waals surface area contributed by atoms with Gasteiger partial charge in [-0.2, -0.15) is 0 Å². The molecule has 122 valence electrons. The largest absolute Gasteiger partial charge is 0.387 e. The molecule has 1 fully saturated rings. The van der Waals surface area contributed by atoms with Crippen LogP contribution in [-0.2, 0) is 4.74 Å². The lowest BCUT2D eigenvalue weighted by Crippen LogP contribution is -2.46. The van der Waals surface area contributed by atoms with Crippen molar-refractivity contribution in [2.45, 2.75) is 38.8 Å². The highest BCUT2D eigenvalue weighted by molar-refractivity contribution is 5.74. The van der Waals surface area contributed by atoms with Crippen molar-refractivity contribution < 1.29 is 14.6 Å². The van der Waals surface area contributed by atoms with Gasteiger partial charge in [0.2, 0.25) is 0 Å². The zero-order chi connectivity index (χ0) is 16.1. The molecule has 2 atom stereocenters. The summed E-state index contributed by atoms with van der Waals surface area (Å²) < 4.78 is 5.14. The van der Waals surface area contributed by atoms with E-state index >= 15 is 0 Å². The topological polar surface area (TPSA) is 70.6 Å². The van der Waals surface area contributed by atoms with Crippen LogP contribution in [0.15, 0.2) is 18.2 Å². The van der Waals surface area contributed by atoms with E-state index in [0.29, 0.717) is 12.5 Å². The number of methoxy groups -OCH3 is 1. The molecular weight excluding hydrogens is 280 g/mol. The van der Waals surface area contributed by atoms with Crippen molar-refractivity contribution in [2.24, 2.45) is 5.92 Å². The van der Waals surface area contributed by atoms with Crippen LogP contribution in [0.25, 0.3) is 0 Å². The number of aliphatic hydroxyl groups is 1. The molecule has 0 heterocycles. The van der Waals surface area contributed by atoms with Gasteiger partial charge in [0.15, 0.2) is 0 Å². The molecule has 1 aliphatic rings. The first-order valence-electron chi connectivity index (χ1n) is 7.79. The Labute approximate surface area is 132 Å². The summed E-state index contributed by atoms with van der Waals surface area (Å²) in [7, 11) is 1.64. The SMILES string of the molecule is COC[C@H](NC(=O)NC[C@@H](O)c1cc(C)cc(C)c1)C1CC1. The first-order chi connectivity index (χ1) is 10.5. The average molecular weight is 306 g/mol. The van der Waals surface area contributed by atoms with Gasteiger partial charge >= 0.3 is 6.03 Å². The zero-order valence-electron chi connectivity index (χ0n) is 13.6. The van der Waals surface area contributed by atoms with E-state index in [2.05, 4.69) is 16.7 Å². The number of hydrogen-bond donors (Lipinski definition) is 3. The fourth-order valence-electron chi connectivity index (χ4n) is 2.70. The predicted molar refractivity (Wildman–Crippen MR) is 85.8 cm³/mol. The van der Waals surface area contributed by atoms with Gasteiger partial charge < -0.3 is 20.5 Å². The van der Waals surface area contributed by atoms with Crippen LogP contribution >= 0.6 is 0 Å². The molecule has 0 spiro atoms. The van der Waals surface area contributed by atoms with Gasteiger partial charge in [-0.15, -0.1) is 0 Å². The third-order valence-corrected chi connectivity index (χ3v) is 3.94. The number of ether oxygens (including phenoxy) is 1. The number of urea groups is 1. The summed E-state index contributed by atoms with van der Waals surface area (Å²) in [6.07, 6.45) is 1.57. The summed E-state index contributed by atoms with van der Waals surface area (Å²) in [6.45, 7) is 4.71. The van der Waals surface area contributed by atoms with E-state index in [4.69, 9.17) is 4.74 Å². The molecule has 0 unspecified atom stereocenters. The van der Waals surface area contributed by atoms with Crippen LogP contribution in [0, 0.1) is 19.8 Å². The first-order valence-corrected chi connectivity index (χ1v) is 7.79. The molecule has 0 bridgehead atoms. The molecule has 0 radical (unpaired) electrons. The number of benzene rings is 1. The van der Waals surface area contributed by atoms with Crippen molar-refractivity contribution in [2.75, 3.05) is 20.3 Å². The Hall–Kier alpha value is -1.59. The van der Waals surface area contributed by atoms with Crippen molar-refractivity contribution in [3.05, 3.63) is 34.9 Å². The van der Waals surface area contributed by atoms with Gasteiger partial charge in [-0.3, -0.25) is 0 Å². The van der Waals surface area contributed by atoms with E-state index in [9.17, 15) is 9.90 Å². The summed E-state index contributed by atoms with van der Waals surface area (Å²) in [4.78, 5) is 11.9. The minimum absolute atomic E-state index is 0.0587. The third kappa shape index (κ3) is 5.00. The smallest absolute Gasteiger partial charge is 0.315 e. The lowest BCUT2D eigenvalue weighted by Gasteiger charge is -2.19. The summed E-state index contributed by atoms with van der Waals surface area (Å²) in [5.41, 5.74) is 3.04. The number of aryl methyl sites for hydroxylation is 2. The Morgan fingerprint density at radius 3 is 2.50 bits per heavy atom. The summed E-state index contributed by atoms with van der Waals surface area (Å²) in [5, 5.41) is 15.9. The Morgan fingerprint density at radius 2 is 1.95 bits per heavy atom. The van der Waals surface area contributed by atoms with Crippen molar-refractivity contribution >= 4 is 6.03 Å². The summed E-state index contributed by atoms with van der Waals surface area (Å²) in [6, 6.07) is 5.74. The maximum atomic E-state index is 11.9. The van der Waals surface area contributed by atoms with E-state index in [1.165, 1.54) is 0 Å². The molecule has 0 aromatic heterocycles. The molecule has 0 saturated heterocycles. The van der Waals surface area contributed by atoms with Gasteiger partial charge in [-0.1, -0.05) is 29.3 Å². The second-order valence-corrected chi connectivity index (χ2v) is 6.19. The summed E-state index contributed by atoms with van der Waals surface area (Å²) in [5.74, 6) is 0.523. The van der Waals surface area contributed by atoms with Crippen LogP contribution < -0.4 is 10.6 Å². The van der Waals surface area contributed by atoms with E-state index in [0.717, 1.165) is 29.5 Å². The number of amides is 2. The van der Waals surface area contributed by atoms with Gasteiger partial charge in [-0.05, 0) is 38.2 Å². The highest BCUT2D eigenvalue weighted by Crippen LogP contribution is 2.32. The molecule has 5 nitrogen and oxygen atoms in total. The molecular formula is C17H26N2O3. The number of aliphatic hydroxyl groups excluding tert-OH is 1. The average Bonchev–Trinajstić information content (AvgIpc) is 3.27. The van der Waals surface area contributed by atoms with E-state index in [1.54, 1.807) is 7.11 Å². The van der Waals surface area contributed by atoms with Crippen molar-refractivity contribution in [3.63, 3.8) is 0 Å². The number of carbonyl (C=O) groups excluding carboxylic acids is 1. The first kappa shape index (κ1) is 16.8. The maximum Gasteiger partial charge on any atom is 0.315 e. The van der Waals surface area contributed by atoms with E-state index in [1.807, 2.05) is 26.0 Å². The number of carbonyl (C=O) groups is 1. The molecule has 1 aliphatic carbocycles. The van der Waals surface area contributed by atoms with Gasteiger partial charge in [0.05, 0.1) is 18.8 Å². The van der Waals surface area contributed by atoms with E-state index in [-0.39, 0.29) is 18.6 Å². The molecule has 2 rings (SSSR count). The second kappa shape index (κ2) is 7.61. The normalized spacial score (nSPS) is 16.9. The van der Waals surface area contributed by atoms with Crippen molar-refractivity contribution in [1.29, 1.82) is 0 Å². The van der Waals surface area contributed by atoms with Gasteiger partial charge in [0, 0.05) is 13.7 Å². The highest BCUT2D eigenvalue weighted by atomic mass is 16.5. The third-order valence-electron chi connectivity index (χ3n) is 3.94. The summed E-state index contributed by atoms with van der Waals surface area (Å²) >= 11 is 0. The highest BCUT2D eigenvalue weighted by Gasteiger charge is 2.32. The Bertz CT molecular complexity index is 494. The van der Waals surface area contributed by atoms with Crippen LogP contribution in [0.2, 0.25) is 0 Å².